The Labute approximate surface area is 183 Å². The van der Waals surface area contributed by atoms with Crippen molar-refractivity contribution in [1.82, 2.24) is 5.32 Å². The second kappa shape index (κ2) is 8.03. The van der Waals surface area contributed by atoms with Crippen LogP contribution in [0.3, 0.4) is 0 Å². The number of phenolic OH excluding ortho intramolecular Hbond substituents is 6. The molecular weight excluding hydrogens is 418 g/mol. The number of aromatic hydroxyl groups is 6. The van der Waals surface area contributed by atoms with Crippen molar-refractivity contribution in [3.05, 3.63) is 65.2 Å². The van der Waals surface area contributed by atoms with Crippen LogP contribution in [0.4, 0.5) is 0 Å². The van der Waals surface area contributed by atoms with Crippen LogP contribution < -0.4 is 10.1 Å². The lowest BCUT2D eigenvalue weighted by atomic mass is 9.88. The third-order valence-corrected chi connectivity index (χ3v) is 5.48. The highest BCUT2D eigenvalue weighted by Gasteiger charge is 2.45. The molecule has 8 N–H and O–H groups in total. The fourth-order valence-electron chi connectivity index (χ4n) is 3.84. The van der Waals surface area contributed by atoms with Gasteiger partial charge in [-0.25, -0.2) is 0 Å². The van der Waals surface area contributed by atoms with Crippen LogP contribution in [0.2, 0.25) is 0 Å². The average Bonchev–Trinajstić information content (AvgIpc) is 2.73. The van der Waals surface area contributed by atoms with E-state index < -0.39 is 17.6 Å². The van der Waals surface area contributed by atoms with Gasteiger partial charge in [-0.05, 0) is 36.2 Å². The molecule has 0 unspecified atom stereocenters. The summed E-state index contributed by atoms with van der Waals surface area (Å²) >= 11 is 0. The Morgan fingerprint density at radius 2 is 1.50 bits per heavy atom. The van der Waals surface area contributed by atoms with Crippen molar-refractivity contribution in [1.29, 1.82) is 0 Å². The van der Waals surface area contributed by atoms with E-state index >= 15 is 0 Å². The highest BCUT2D eigenvalue weighted by Crippen LogP contribution is 2.46. The van der Waals surface area contributed by atoms with Crippen LogP contribution in [0.1, 0.15) is 22.8 Å². The quantitative estimate of drug-likeness (QED) is 0.219. The molecule has 168 valence electrons. The Morgan fingerprint density at radius 1 is 0.812 bits per heavy atom. The number of ether oxygens (including phenoxy) is 1. The molecule has 0 spiro atoms. The Kier molecular flexibility index (Phi) is 5.37. The van der Waals surface area contributed by atoms with Crippen molar-refractivity contribution in [2.24, 2.45) is 0 Å². The Hall–Kier alpha value is -3.82. The minimum atomic E-state index is -1.73. The zero-order chi connectivity index (χ0) is 23.0. The normalized spacial score (nSPS) is 19.8. The molecule has 0 amide bonds. The lowest BCUT2D eigenvalue weighted by Crippen LogP contribution is -2.56. The summed E-state index contributed by atoms with van der Waals surface area (Å²) in [6, 6.07) is 10.9. The minimum Gasteiger partial charge on any atom is -0.508 e. The summed E-state index contributed by atoms with van der Waals surface area (Å²) in [5.74, 6) is -1.48. The molecule has 9 heteroatoms. The van der Waals surface area contributed by atoms with Gasteiger partial charge in [-0.2, -0.15) is 0 Å². The topological polar surface area (TPSA) is 163 Å². The predicted molar refractivity (Wildman–Crippen MR) is 113 cm³/mol. The number of nitrogens with one attached hydrogen (secondary N) is 1. The monoisotopic (exact) mass is 441 g/mol. The van der Waals surface area contributed by atoms with Gasteiger partial charge in [0.2, 0.25) is 0 Å². The number of phenols is 6. The second-order valence-corrected chi connectivity index (χ2v) is 7.79. The number of aliphatic hydroxyl groups is 1. The standard InChI is InChI=1S/C23H23NO8/c25-14-9-18(28)15-11-23(31,24-6-5-12-1-3-16(26)19(29)7-12)22(32-21(15)10-14)13-2-4-17(27)20(30)8-13/h1-4,7-10,22,24-31H,5-6,11H2/t22-,23-/m1/s1. The summed E-state index contributed by atoms with van der Waals surface area (Å²) in [6.07, 6.45) is -0.754. The molecule has 3 aromatic rings. The van der Waals surface area contributed by atoms with Crippen molar-refractivity contribution in [3.63, 3.8) is 0 Å². The van der Waals surface area contributed by atoms with E-state index in [2.05, 4.69) is 5.32 Å². The van der Waals surface area contributed by atoms with E-state index in [0.29, 0.717) is 23.1 Å². The minimum absolute atomic E-state index is 0.0818. The van der Waals surface area contributed by atoms with E-state index in [-0.39, 0.29) is 47.5 Å². The number of hydrogen-bond acceptors (Lipinski definition) is 9. The molecule has 1 aliphatic heterocycles. The van der Waals surface area contributed by atoms with E-state index in [1.807, 2.05) is 0 Å². The third-order valence-electron chi connectivity index (χ3n) is 5.48. The molecule has 1 aliphatic rings. The molecule has 3 aromatic carbocycles. The van der Waals surface area contributed by atoms with E-state index in [4.69, 9.17) is 4.74 Å². The van der Waals surface area contributed by atoms with Gasteiger partial charge in [-0.1, -0.05) is 12.1 Å². The number of hydrogen-bond donors (Lipinski definition) is 8. The number of rotatable bonds is 5. The summed E-state index contributed by atoms with van der Waals surface area (Å²) in [4.78, 5) is 0. The van der Waals surface area contributed by atoms with Crippen LogP contribution in [-0.2, 0) is 12.8 Å². The van der Waals surface area contributed by atoms with Gasteiger partial charge in [-0.15, -0.1) is 0 Å². The first-order valence-corrected chi connectivity index (χ1v) is 9.88. The highest BCUT2D eigenvalue weighted by molar-refractivity contribution is 5.53. The maximum absolute atomic E-state index is 11.5. The van der Waals surface area contributed by atoms with Gasteiger partial charge in [0.25, 0.3) is 0 Å². The first-order chi connectivity index (χ1) is 15.2. The van der Waals surface area contributed by atoms with Crippen molar-refractivity contribution in [3.8, 4) is 40.2 Å². The van der Waals surface area contributed by atoms with Crippen molar-refractivity contribution < 1.29 is 40.5 Å². The van der Waals surface area contributed by atoms with Crippen LogP contribution in [0.15, 0.2) is 48.5 Å². The van der Waals surface area contributed by atoms with Crippen LogP contribution in [0.5, 0.6) is 40.2 Å². The SMILES string of the molecule is Oc1cc(O)c2c(c1)O[C@H](c1ccc(O)c(O)c1)[C@@](O)(NCCc1ccc(O)c(O)c1)C2. The molecule has 0 aromatic heterocycles. The van der Waals surface area contributed by atoms with Crippen LogP contribution >= 0.6 is 0 Å². The largest absolute Gasteiger partial charge is 0.508 e. The summed E-state index contributed by atoms with van der Waals surface area (Å²) in [5, 5.41) is 73.3. The van der Waals surface area contributed by atoms with Crippen molar-refractivity contribution >= 4 is 0 Å². The maximum atomic E-state index is 11.5. The fourth-order valence-corrected chi connectivity index (χ4v) is 3.84. The van der Waals surface area contributed by atoms with Gasteiger partial charge in [0.1, 0.15) is 17.2 Å². The second-order valence-electron chi connectivity index (χ2n) is 7.79. The van der Waals surface area contributed by atoms with Gasteiger partial charge < -0.3 is 40.5 Å². The molecule has 4 rings (SSSR count). The van der Waals surface area contributed by atoms with Gasteiger partial charge in [-0.3, -0.25) is 5.32 Å². The highest BCUT2D eigenvalue weighted by atomic mass is 16.5. The van der Waals surface area contributed by atoms with Gasteiger partial charge in [0.05, 0.1) is 0 Å². The van der Waals surface area contributed by atoms with E-state index in [0.717, 1.165) is 6.07 Å². The molecule has 2 atom stereocenters. The average molecular weight is 441 g/mol. The molecule has 0 radical (unpaired) electrons. The van der Waals surface area contributed by atoms with E-state index in [1.165, 1.54) is 36.4 Å². The Morgan fingerprint density at radius 3 is 2.19 bits per heavy atom. The van der Waals surface area contributed by atoms with Crippen LogP contribution in [0.25, 0.3) is 0 Å². The Bertz CT molecular complexity index is 1160. The molecule has 32 heavy (non-hydrogen) atoms. The maximum Gasteiger partial charge on any atom is 0.166 e. The van der Waals surface area contributed by atoms with Gasteiger partial charge >= 0.3 is 0 Å². The lowest BCUT2D eigenvalue weighted by Gasteiger charge is -2.41. The van der Waals surface area contributed by atoms with E-state index in [9.17, 15) is 35.7 Å². The van der Waals surface area contributed by atoms with Crippen LogP contribution in [0, 0.1) is 0 Å². The zero-order valence-electron chi connectivity index (χ0n) is 16.9. The van der Waals surface area contributed by atoms with E-state index in [1.54, 1.807) is 6.07 Å². The molecule has 0 fully saturated rings. The first-order valence-electron chi connectivity index (χ1n) is 9.88. The fraction of sp³-hybridized carbons (Fsp3) is 0.217. The number of benzene rings is 3. The molecule has 0 aliphatic carbocycles. The molecule has 1 heterocycles. The van der Waals surface area contributed by atoms with Gasteiger partial charge in [0, 0.05) is 36.2 Å². The zero-order valence-corrected chi connectivity index (χ0v) is 16.9. The summed E-state index contributed by atoms with van der Waals surface area (Å²) in [5.41, 5.74) is -0.380. The summed E-state index contributed by atoms with van der Waals surface area (Å²) < 4.78 is 5.93. The molecule has 9 nitrogen and oxygen atoms in total. The summed E-state index contributed by atoms with van der Waals surface area (Å²) in [6.45, 7) is 0.235. The first kappa shape index (κ1) is 21.4. The van der Waals surface area contributed by atoms with Crippen molar-refractivity contribution in [2.75, 3.05) is 6.54 Å². The van der Waals surface area contributed by atoms with Crippen LogP contribution in [-0.4, -0.2) is 48.0 Å². The lowest BCUT2D eigenvalue weighted by molar-refractivity contribution is -0.101. The molecule has 0 saturated carbocycles. The molecule has 0 saturated heterocycles. The molecule has 0 bridgehead atoms. The third kappa shape index (κ3) is 4.03. The smallest absolute Gasteiger partial charge is 0.166 e. The predicted octanol–water partition coefficient (Wildman–Crippen LogP) is 2.12. The van der Waals surface area contributed by atoms with Crippen molar-refractivity contribution in [2.45, 2.75) is 24.7 Å². The number of fused-ring (bicyclic) bond motifs is 1. The van der Waals surface area contributed by atoms with Gasteiger partial charge in [0.15, 0.2) is 34.8 Å². The Balaban J connectivity index is 1.64. The molecular formula is C23H23NO8. The summed E-state index contributed by atoms with van der Waals surface area (Å²) in [7, 11) is 0.